The molecule has 0 atom stereocenters. The standard InChI is InChI=1S/C12H19N3O/c1-16-12-8-10(2-3-11(12)13)9-15-6-4-14-5-7-15/h2-3,8,14H,4-7,9,13H2,1H3. The van der Waals surface area contributed by atoms with E-state index in [2.05, 4.69) is 16.3 Å². The van der Waals surface area contributed by atoms with E-state index in [4.69, 9.17) is 10.5 Å². The summed E-state index contributed by atoms with van der Waals surface area (Å²) >= 11 is 0. The number of nitrogens with two attached hydrogens (primary N) is 1. The van der Waals surface area contributed by atoms with Crippen LogP contribution in [0.2, 0.25) is 0 Å². The Morgan fingerprint density at radius 2 is 2.12 bits per heavy atom. The van der Waals surface area contributed by atoms with Gasteiger partial charge >= 0.3 is 0 Å². The maximum Gasteiger partial charge on any atom is 0.142 e. The summed E-state index contributed by atoms with van der Waals surface area (Å²) in [5, 5.41) is 3.35. The van der Waals surface area contributed by atoms with E-state index < -0.39 is 0 Å². The Labute approximate surface area is 96.4 Å². The smallest absolute Gasteiger partial charge is 0.142 e. The van der Waals surface area contributed by atoms with Gasteiger partial charge < -0.3 is 15.8 Å². The highest BCUT2D eigenvalue weighted by Gasteiger charge is 2.10. The molecule has 0 amide bonds. The van der Waals surface area contributed by atoms with Gasteiger partial charge in [-0.3, -0.25) is 4.90 Å². The predicted molar refractivity (Wildman–Crippen MR) is 65.6 cm³/mol. The lowest BCUT2D eigenvalue weighted by Crippen LogP contribution is -2.42. The number of nitrogens with zero attached hydrogens (tertiary/aromatic N) is 1. The number of benzene rings is 1. The van der Waals surface area contributed by atoms with Crippen molar-refractivity contribution in [1.82, 2.24) is 10.2 Å². The first kappa shape index (κ1) is 11.2. The van der Waals surface area contributed by atoms with Crippen molar-refractivity contribution in [3.05, 3.63) is 23.8 Å². The molecule has 1 saturated heterocycles. The third kappa shape index (κ3) is 2.65. The van der Waals surface area contributed by atoms with Gasteiger partial charge in [0.15, 0.2) is 0 Å². The van der Waals surface area contributed by atoms with Gasteiger partial charge in [0.05, 0.1) is 12.8 Å². The molecule has 0 bridgehead atoms. The number of nitrogens with one attached hydrogen (secondary N) is 1. The van der Waals surface area contributed by atoms with Gasteiger partial charge in [-0.1, -0.05) is 6.07 Å². The highest BCUT2D eigenvalue weighted by atomic mass is 16.5. The first-order chi connectivity index (χ1) is 7.79. The van der Waals surface area contributed by atoms with Crippen molar-refractivity contribution < 1.29 is 4.74 Å². The van der Waals surface area contributed by atoms with E-state index in [1.54, 1.807) is 7.11 Å². The molecule has 1 aliphatic rings. The van der Waals surface area contributed by atoms with Crippen LogP contribution in [0.15, 0.2) is 18.2 Å². The third-order valence-electron chi connectivity index (χ3n) is 2.91. The molecular formula is C12H19N3O. The fourth-order valence-electron chi connectivity index (χ4n) is 1.98. The molecule has 0 saturated carbocycles. The van der Waals surface area contributed by atoms with E-state index in [9.17, 15) is 0 Å². The summed E-state index contributed by atoms with van der Waals surface area (Å²) in [5.41, 5.74) is 7.74. The van der Waals surface area contributed by atoms with Crippen molar-refractivity contribution in [3.63, 3.8) is 0 Å². The van der Waals surface area contributed by atoms with Gasteiger partial charge in [0.25, 0.3) is 0 Å². The molecule has 0 spiro atoms. The molecule has 1 aliphatic heterocycles. The number of methoxy groups -OCH3 is 1. The molecule has 0 radical (unpaired) electrons. The topological polar surface area (TPSA) is 50.5 Å². The van der Waals surface area contributed by atoms with Gasteiger partial charge in [-0.25, -0.2) is 0 Å². The molecule has 0 unspecified atom stereocenters. The molecule has 3 N–H and O–H groups in total. The second kappa shape index (κ2) is 5.18. The zero-order valence-electron chi connectivity index (χ0n) is 9.70. The minimum atomic E-state index is 0.701. The van der Waals surface area contributed by atoms with Crippen LogP contribution < -0.4 is 15.8 Å². The van der Waals surface area contributed by atoms with Gasteiger partial charge in [0.1, 0.15) is 5.75 Å². The number of piperazine rings is 1. The van der Waals surface area contributed by atoms with Crippen molar-refractivity contribution in [2.45, 2.75) is 6.54 Å². The Balaban J connectivity index is 2.03. The Morgan fingerprint density at radius 1 is 1.38 bits per heavy atom. The maximum absolute atomic E-state index is 5.78. The zero-order chi connectivity index (χ0) is 11.4. The molecule has 88 valence electrons. The van der Waals surface area contributed by atoms with Crippen molar-refractivity contribution >= 4 is 5.69 Å². The van der Waals surface area contributed by atoms with Crippen LogP contribution in [0.5, 0.6) is 5.75 Å². The van der Waals surface area contributed by atoms with Crippen molar-refractivity contribution in [1.29, 1.82) is 0 Å². The molecule has 1 aromatic carbocycles. The summed E-state index contributed by atoms with van der Waals surface area (Å²) in [4.78, 5) is 2.43. The van der Waals surface area contributed by atoms with E-state index >= 15 is 0 Å². The van der Waals surface area contributed by atoms with Crippen LogP contribution in [-0.4, -0.2) is 38.2 Å². The van der Waals surface area contributed by atoms with Gasteiger partial charge in [-0.2, -0.15) is 0 Å². The van der Waals surface area contributed by atoms with Crippen LogP contribution in [0.3, 0.4) is 0 Å². The lowest BCUT2D eigenvalue weighted by atomic mass is 10.1. The number of rotatable bonds is 3. The van der Waals surface area contributed by atoms with Crippen LogP contribution in [0.1, 0.15) is 5.56 Å². The summed E-state index contributed by atoms with van der Waals surface area (Å²) < 4.78 is 5.22. The maximum atomic E-state index is 5.78. The molecule has 4 nitrogen and oxygen atoms in total. The SMILES string of the molecule is COc1cc(CN2CCNCC2)ccc1N. The van der Waals surface area contributed by atoms with Crippen LogP contribution in [-0.2, 0) is 6.54 Å². The van der Waals surface area contributed by atoms with Gasteiger partial charge in [0, 0.05) is 32.7 Å². The quantitative estimate of drug-likeness (QED) is 0.737. The number of nitrogen functional groups attached to an aromatic ring is 1. The van der Waals surface area contributed by atoms with E-state index in [0.717, 1.165) is 38.5 Å². The number of hydrogen-bond acceptors (Lipinski definition) is 4. The molecule has 4 heteroatoms. The first-order valence-corrected chi connectivity index (χ1v) is 5.65. The van der Waals surface area contributed by atoms with E-state index in [-0.39, 0.29) is 0 Å². The first-order valence-electron chi connectivity index (χ1n) is 5.65. The Morgan fingerprint density at radius 3 is 2.81 bits per heavy atom. The zero-order valence-corrected chi connectivity index (χ0v) is 9.70. The number of hydrogen-bond donors (Lipinski definition) is 2. The van der Waals surface area contributed by atoms with Crippen LogP contribution in [0.25, 0.3) is 0 Å². The molecule has 1 fully saturated rings. The summed E-state index contributed by atoms with van der Waals surface area (Å²) in [7, 11) is 1.65. The number of ether oxygens (including phenoxy) is 1. The summed E-state index contributed by atoms with van der Waals surface area (Å²) in [5.74, 6) is 0.771. The molecule has 0 aliphatic carbocycles. The van der Waals surface area contributed by atoms with Crippen LogP contribution in [0, 0.1) is 0 Å². The largest absolute Gasteiger partial charge is 0.495 e. The third-order valence-corrected chi connectivity index (χ3v) is 2.91. The fraction of sp³-hybridized carbons (Fsp3) is 0.500. The lowest BCUT2D eigenvalue weighted by molar-refractivity contribution is 0.233. The lowest BCUT2D eigenvalue weighted by Gasteiger charge is -2.27. The van der Waals surface area contributed by atoms with Crippen molar-refractivity contribution in [2.75, 3.05) is 39.0 Å². The average molecular weight is 221 g/mol. The highest BCUT2D eigenvalue weighted by molar-refractivity contribution is 5.53. The summed E-state index contributed by atoms with van der Waals surface area (Å²) in [6.07, 6.45) is 0. The molecule has 1 heterocycles. The Bertz CT molecular complexity index is 348. The molecule has 2 rings (SSSR count). The Kier molecular flexibility index (Phi) is 3.64. The van der Waals surface area contributed by atoms with Gasteiger partial charge in [-0.05, 0) is 17.7 Å². The van der Waals surface area contributed by atoms with Crippen molar-refractivity contribution in [2.24, 2.45) is 0 Å². The number of anilines is 1. The fourth-order valence-corrected chi connectivity index (χ4v) is 1.98. The minimum absolute atomic E-state index is 0.701. The second-order valence-electron chi connectivity index (χ2n) is 4.10. The minimum Gasteiger partial charge on any atom is -0.495 e. The van der Waals surface area contributed by atoms with Crippen molar-refractivity contribution in [3.8, 4) is 5.75 Å². The summed E-state index contributed by atoms with van der Waals surface area (Å²) in [6.45, 7) is 5.33. The normalized spacial score (nSPS) is 17.3. The molecule has 0 aromatic heterocycles. The molecular weight excluding hydrogens is 202 g/mol. The van der Waals surface area contributed by atoms with E-state index in [1.165, 1.54) is 5.56 Å². The molecule has 1 aromatic rings. The highest BCUT2D eigenvalue weighted by Crippen LogP contribution is 2.22. The summed E-state index contributed by atoms with van der Waals surface area (Å²) in [6, 6.07) is 6.01. The molecule has 16 heavy (non-hydrogen) atoms. The Hall–Kier alpha value is -1.26. The van der Waals surface area contributed by atoms with Crippen LogP contribution in [0.4, 0.5) is 5.69 Å². The van der Waals surface area contributed by atoms with E-state index in [1.807, 2.05) is 12.1 Å². The van der Waals surface area contributed by atoms with Gasteiger partial charge in [0.2, 0.25) is 0 Å². The van der Waals surface area contributed by atoms with Gasteiger partial charge in [-0.15, -0.1) is 0 Å². The average Bonchev–Trinajstić information content (AvgIpc) is 2.33. The van der Waals surface area contributed by atoms with E-state index in [0.29, 0.717) is 5.69 Å². The second-order valence-corrected chi connectivity index (χ2v) is 4.10. The monoisotopic (exact) mass is 221 g/mol. The van der Waals surface area contributed by atoms with Crippen LogP contribution >= 0.6 is 0 Å². The predicted octanol–water partition coefficient (Wildman–Crippen LogP) is 0.683.